The zero-order chi connectivity index (χ0) is 17.9. The van der Waals surface area contributed by atoms with Gasteiger partial charge in [0.15, 0.2) is 0 Å². The molecule has 2 amide bonds. The van der Waals surface area contributed by atoms with E-state index in [-0.39, 0.29) is 11.8 Å². The Balaban J connectivity index is 1.23. The summed E-state index contributed by atoms with van der Waals surface area (Å²) >= 11 is 0. The summed E-state index contributed by atoms with van der Waals surface area (Å²) in [6, 6.07) is 15.0. The number of benzene rings is 2. The number of nitrogens with zero attached hydrogens (tertiary/aromatic N) is 3. The fourth-order valence-corrected chi connectivity index (χ4v) is 3.30. The molecule has 6 nitrogen and oxygen atoms in total. The van der Waals surface area contributed by atoms with Crippen LogP contribution in [-0.4, -0.2) is 39.4 Å². The molecule has 132 valence electrons. The zero-order valence-corrected chi connectivity index (χ0v) is 14.4. The molecule has 1 aromatic heterocycles. The lowest BCUT2D eigenvalue weighted by Gasteiger charge is -2.13. The van der Waals surface area contributed by atoms with Crippen molar-refractivity contribution in [3.63, 3.8) is 0 Å². The molecule has 6 heteroatoms. The van der Waals surface area contributed by atoms with Crippen LogP contribution in [0.5, 0.6) is 0 Å². The van der Waals surface area contributed by atoms with Gasteiger partial charge in [-0.15, -0.1) is 0 Å². The Morgan fingerprint density at radius 1 is 0.885 bits per heavy atom. The molecule has 0 saturated heterocycles. The standard InChI is InChI=1S/C20H20N4O2/c25-19-15-7-1-2-8-16(15)20(26)24(19)12-6-5-11-21-13-23-14-22-17-9-3-4-10-18(17)23/h1-4,7-10,14,21H,5-6,11-13H2. The van der Waals surface area contributed by atoms with Gasteiger partial charge >= 0.3 is 0 Å². The van der Waals surface area contributed by atoms with Crippen molar-refractivity contribution in [2.45, 2.75) is 19.5 Å². The summed E-state index contributed by atoms with van der Waals surface area (Å²) in [5.74, 6) is -0.355. The fourth-order valence-electron chi connectivity index (χ4n) is 3.30. The lowest BCUT2D eigenvalue weighted by atomic mass is 10.1. The highest BCUT2D eigenvalue weighted by Gasteiger charge is 2.34. The average molecular weight is 348 g/mol. The number of fused-ring (bicyclic) bond motifs is 2. The Bertz CT molecular complexity index is 928. The van der Waals surface area contributed by atoms with Gasteiger partial charge in [0.2, 0.25) is 0 Å². The van der Waals surface area contributed by atoms with Gasteiger partial charge in [-0.1, -0.05) is 24.3 Å². The minimum Gasteiger partial charge on any atom is -0.317 e. The molecule has 2 heterocycles. The Labute approximate surface area is 151 Å². The molecule has 1 aliphatic heterocycles. The van der Waals surface area contributed by atoms with E-state index in [0.29, 0.717) is 24.3 Å². The molecule has 0 fully saturated rings. The molecular weight excluding hydrogens is 328 g/mol. The number of carbonyl (C=O) groups excluding carboxylic acids is 2. The molecule has 3 aromatic rings. The number of hydrogen-bond donors (Lipinski definition) is 1. The number of carbonyl (C=O) groups is 2. The second-order valence-electron chi connectivity index (χ2n) is 6.38. The maximum atomic E-state index is 12.3. The lowest BCUT2D eigenvalue weighted by Crippen LogP contribution is -2.31. The number of rotatable bonds is 7. The Kier molecular flexibility index (Phi) is 4.50. The van der Waals surface area contributed by atoms with Crippen molar-refractivity contribution in [2.24, 2.45) is 0 Å². The van der Waals surface area contributed by atoms with Crippen LogP contribution in [-0.2, 0) is 6.67 Å². The van der Waals surface area contributed by atoms with E-state index >= 15 is 0 Å². The van der Waals surface area contributed by atoms with Crippen LogP contribution < -0.4 is 5.32 Å². The van der Waals surface area contributed by atoms with Gasteiger partial charge in [-0.05, 0) is 43.7 Å². The number of para-hydroxylation sites is 2. The van der Waals surface area contributed by atoms with Crippen molar-refractivity contribution in [1.82, 2.24) is 19.8 Å². The highest BCUT2D eigenvalue weighted by molar-refractivity contribution is 6.21. The largest absolute Gasteiger partial charge is 0.317 e. The van der Waals surface area contributed by atoms with E-state index in [9.17, 15) is 9.59 Å². The molecule has 0 bridgehead atoms. The first-order valence-corrected chi connectivity index (χ1v) is 8.81. The van der Waals surface area contributed by atoms with Crippen molar-refractivity contribution in [3.8, 4) is 0 Å². The van der Waals surface area contributed by atoms with E-state index in [1.165, 1.54) is 4.90 Å². The van der Waals surface area contributed by atoms with Crippen LogP contribution in [0.25, 0.3) is 11.0 Å². The summed E-state index contributed by atoms with van der Waals surface area (Å²) in [5.41, 5.74) is 3.12. The molecule has 2 aromatic carbocycles. The number of unbranched alkanes of at least 4 members (excludes halogenated alkanes) is 1. The minimum atomic E-state index is -0.177. The summed E-state index contributed by atoms with van der Waals surface area (Å²) in [4.78, 5) is 30.3. The molecule has 1 aliphatic rings. The summed E-state index contributed by atoms with van der Waals surface area (Å²) in [6.07, 6.45) is 3.50. The van der Waals surface area contributed by atoms with E-state index in [2.05, 4.69) is 14.9 Å². The minimum absolute atomic E-state index is 0.177. The number of nitrogens with one attached hydrogen (secondary N) is 1. The molecule has 4 rings (SSSR count). The highest BCUT2D eigenvalue weighted by Crippen LogP contribution is 2.22. The normalized spacial score (nSPS) is 13.6. The number of aromatic nitrogens is 2. The van der Waals surface area contributed by atoms with Gasteiger partial charge < -0.3 is 4.57 Å². The van der Waals surface area contributed by atoms with Crippen molar-refractivity contribution in [1.29, 1.82) is 0 Å². The highest BCUT2D eigenvalue weighted by atomic mass is 16.2. The first-order valence-electron chi connectivity index (χ1n) is 8.81. The summed E-state index contributed by atoms with van der Waals surface area (Å²) in [5, 5.41) is 3.38. The molecule has 0 unspecified atom stereocenters. The predicted molar refractivity (Wildman–Crippen MR) is 98.8 cm³/mol. The van der Waals surface area contributed by atoms with Crippen LogP contribution >= 0.6 is 0 Å². The second-order valence-corrected chi connectivity index (χ2v) is 6.38. The quantitative estimate of drug-likeness (QED) is 0.526. The molecule has 0 spiro atoms. The molecule has 1 N–H and O–H groups in total. The Morgan fingerprint density at radius 3 is 2.35 bits per heavy atom. The first kappa shape index (κ1) is 16.5. The third-order valence-electron chi connectivity index (χ3n) is 4.67. The van der Waals surface area contributed by atoms with Gasteiger partial charge in [-0.25, -0.2) is 4.98 Å². The number of imidazole rings is 1. The molecule has 26 heavy (non-hydrogen) atoms. The van der Waals surface area contributed by atoms with Crippen LogP contribution in [0.15, 0.2) is 54.9 Å². The topological polar surface area (TPSA) is 67.2 Å². The summed E-state index contributed by atoms with van der Waals surface area (Å²) < 4.78 is 2.07. The maximum Gasteiger partial charge on any atom is 0.261 e. The van der Waals surface area contributed by atoms with Crippen LogP contribution in [0.4, 0.5) is 0 Å². The van der Waals surface area contributed by atoms with E-state index < -0.39 is 0 Å². The van der Waals surface area contributed by atoms with E-state index in [4.69, 9.17) is 0 Å². The fraction of sp³-hybridized carbons (Fsp3) is 0.250. The van der Waals surface area contributed by atoms with Crippen molar-refractivity contribution < 1.29 is 9.59 Å². The summed E-state index contributed by atoms with van der Waals surface area (Å²) in [6.45, 7) is 1.96. The van der Waals surface area contributed by atoms with E-state index in [0.717, 1.165) is 30.4 Å². The smallest absolute Gasteiger partial charge is 0.261 e. The third-order valence-corrected chi connectivity index (χ3v) is 4.67. The Morgan fingerprint density at radius 2 is 1.58 bits per heavy atom. The average Bonchev–Trinajstić information content (AvgIpc) is 3.19. The number of amides is 2. The Hall–Kier alpha value is -2.99. The van der Waals surface area contributed by atoms with Crippen molar-refractivity contribution >= 4 is 22.8 Å². The van der Waals surface area contributed by atoms with Crippen LogP contribution in [0, 0.1) is 0 Å². The molecule has 0 radical (unpaired) electrons. The molecular formula is C20H20N4O2. The summed E-state index contributed by atoms with van der Waals surface area (Å²) in [7, 11) is 0. The first-order chi connectivity index (χ1) is 12.8. The van der Waals surface area contributed by atoms with E-state index in [1.54, 1.807) is 24.3 Å². The lowest BCUT2D eigenvalue weighted by molar-refractivity contribution is 0.0651. The van der Waals surface area contributed by atoms with Gasteiger partial charge in [0.25, 0.3) is 11.8 Å². The van der Waals surface area contributed by atoms with E-state index in [1.807, 2.05) is 30.6 Å². The second kappa shape index (κ2) is 7.09. The molecule has 0 atom stereocenters. The van der Waals surface area contributed by atoms with Crippen molar-refractivity contribution in [2.75, 3.05) is 13.1 Å². The molecule has 0 aliphatic carbocycles. The van der Waals surface area contributed by atoms with Crippen LogP contribution in [0.3, 0.4) is 0 Å². The number of imide groups is 1. The number of hydrogen-bond acceptors (Lipinski definition) is 4. The van der Waals surface area contributed by atoms with Crippen LogP contribution in [0.2, 0.25) is 0 Å². The van der Waals surface area contributed by atoms with Gasteiger partial charge in [0.1, 0.15) is 0 Å². The zero-order valence-electron chi connectivity index (χ0n) is 14.4. The third kappa shape index (κ3) is 2.99. The SMILES string of the molecule is O=C1c2ccccc2C(=O)N1CCCCNCn1cnc2ccccc21. The van der Waals surface area contributed by atoms with Gasteiger partial charge in [0.05, 0.1) is 35.2 Å². The van der Waals surface area contributed by atoms with Gasteiger partial charge in [0, 0.05) is 6.54 Å². The maximum absolute atomic E-state index is 12.3. The van der Waals surface area contributed by atoms with Gasteiger partial charge in [-0.3, -0.25) is 19.8 Å². The predicted octanol–water partition coefficient (Wildman–Crippen LogP) is 2.66. The van der Waals surface area contributed by atoms with Crippen LogP contribution in [0.1, 0.15) is 33.6 Å². The van der Waals surface area contributed by atoms with Gasteiger partial charge in [-0.2, -0.15) is 0 Å². The van der Waals surface area contributed by atoms with Crippen molar-refractivity contribution in [3.05, 3.63) is 66.0 Å². The molecule has 0 saturated carbocycles. The monoisotopic (exact) mass is 348 g/mol.